The lowest BCUT2D eigenvalue weighted by Gasteiger charge is -2.17. The second kappa shape index (κ2) is 10.4. The third-order valence-electron chi connectivity index (χ3n) is 5.22. The molecule has 1 aromatic heterocycles. The molecule has 0 spiro atoms. The average Bonchev–Trinajstić information content (AvgIpc) is 3.22. The number of nitrogens with zero attached hydrogens (tertiary/aromatic N) is 3. The van der Waals surface area contributed by atoms with Gasteiger partial charge < -0.3 is 5.32 Å². The Labute approximate surface area is 206 Å². The molecule has 0 saturated carbocycles. The Bertz CT molecular complexity index is 1270. The molecule has 1 atom stereocenters. The number of amides is 1. The number of thioether (sulfide) groups is 1. The fraction of sp³-hybridized carbons (Fsp3) is 0.192. The van der Waals surface area contributed by atoms with E-state index in [9.17, 15) is 4.79 Å². The summed E-state index contributed by atoms with van der Waals surface area (Å²) in [6.45, 7) is 6.08. The first kappa shape index (κ1) is 23.3. The summed E-state index contributed by atoms with van der Waals surface area (Å²) in [5.41, 5.74) is 5.20. The van der Waals surface area contributed by atoms with Crippen molar-refractivity contribution in [1.29, 1.82) is 0 Å². The lowest BCUT2D eigenvalue weighted by atomic mass is 10.2. The molecule has 4 aromatic rings. The standard InChI is InChI=1S/C26H25BrN4OS/c1-17-10-12-23(13-11-17)31-24(19(3)28-25(32)21-8-5-9-22(27)15-21)29-30-26(31)33-16-20-7-4-6-18(2)14-20/h4-15,19H,16H2,1-3H3,(H,28,32). The Balaban J connectivity index is 1.62. The summed E-state index contributed by atoms with van der Waals surface area (Å²) < 4.78 is 2.90. The van der Waals surface area contributed by atoms with Gasteiger partial charge in [-0.05, 0) is 56.7 Å². The van der Waals surface area contributed by atoms with Gasteiger partial charge in [0.2, 0.25) is 0 Å². The molecule has 0 saturated heterocycles. The Morgan fingerprint density at radius 2 is 1.76 bits per heavy atom. The number of rotatable bonds is 7. The van der Waals surface area contributed by atoms with E-state index in [4.69, 9.17) is 0 Å². The van der Waals surface area contributed by atoms with Gasteiger partial charge in [0.25, 0.3) is 5.91 Å². The Hall–Kier alpha value is -2.90. The molecule has 3 aromatic carbocycles. The molecule has 1 N–H and O–H groups in total. The smallest absolute Gasteiger partial charge is 0.251 e. The molecule has 7 heteroatoms. The number of aryl methyl sites for hydroxylation is 2. The van der Waals surface area contributed by atoms with E-state index in [1.165, 1.54) is 16.7 Å². The van der Waals surface area contributed by atoms with Gasteiger partial charge in [-0.2, -0.15) is 0 Å². The number of halogens is 1. The molecular formula is C26H25BrN4OS. The van der Waals surface area contributed by atoms with Crippen LogP contribution in [0.4, 0.5) is 0 Å². The van der Waals surface area contributed by atoms with E-state index in [-0.39, 0.29) is 11.9 Å². The van der Waals surface area contributed by atoms with Crippen LogP contribution in [-0.2, 0) is 5.75 Å². The fourth-order valence-corrected chi connectivity index (χ4v) is 4.82. The SMILES string of the molecule is Cc1ccc(-n2c(SCc3cccc(C)c3)nnc2C(C)NC(=O)c2cccc(Br)c2)cc1. The molecule has 1 amide bonds. The van der Waals surface area contributed by atoms with Crippen LogP contribution < -0.4 is 5.32 Å². The van der Waals surface area contributed by atoms with Gasteiger partial charge >= 0.3 is 0 Å². The van der Waals surface area contributed by atoms with Crippen LogP contribution in [-0.4, -0.2) is 20.7 Å². The third-order valence-corrected chi connectivity index (χ3v) is 6.72. The second-order valence-electron chi connectivity index (χ2n) is 7.99. The number of nitrogens with one attached hydrogen (secondary N) is 1. The van der Waals surface area contributed by atoms with E-state index in [1.807, 2.05) is 23.6 Å². The molecule has 0 aliphatic heterocycles. The molecular weight excluding hydrogens is 496 g/mol. The van der Waals surface area contributed by atoms with Gasteiger partial charge in [-0.15, -0.1) is 10.2 Å². The zero-order chi connectivity index (χ0) is 23.4. The highest BCUT2D eigenvalue weighted by molar-refractivity contribution is 9.10. The summed E-state index contributed by atoms with van der Waals surface area (Å²) >= 11 is 5.06. The van der Waals surface area contributed by atoms with Gasteiger partial charge in [-0.3, -0.25) is 9.36 Å². The van der Waals surface area contributed by atoms with Crippen LogP contribution in [0.15, 0.2) is 82.4 Å². The molecule has 0 aliphatic rings. The van der Waals surface area contributed by atoms with Crippen molar-refractivity contribution in [2.45, 2.75) is 37.7 Å². The van der Waals surface area contributed by atoms with Crippen molar-refractivity contribution in [2.75, 3.05) is 0 Å². The van der Waals surface area contributed by atoms with Gasteiger partial charge in [0.1, 0.15) is 0 Å². The highest BCUT2D eigenvalue weighted by atomic mass is 79.9. The van der Waals surface area contributed by atoms with Crippen LogP contribution in [0.3, 0.4) is 0 Å². The van der Waals surface area contributed by atoms with Gasteiger partial charge in [-0.25, -0.2) is 0 Å². The molecule has 33 heavy (non-hydrogen) atoms. The number of hydrogen-bond acceptors (Lipinski definition) is 4. The van der Waals surface area contributed by atoms with Crippen molar-refractivity contribution in [3.63, 3.8) is 0 Å². The largest absolute Gasteiger partial charge is 0.342 e. The Kier molecular flexibility index (Phi) is 7.30. The van der Waals surface area contributed by atoms with Crippen LogP contribution in [0.1, 0.15) is 45.8 Å². The van der Waals surface area contributed by atoms with Crippen molar-refractivity contribution in [3.8, 4) is 5.69 Å². The monoisotopic (exact) mass is 520 g/mol. The summed E-state index contributed by atoms with van der Waals surface area (Å²) in [6.07, 6.45) is 0. The maximum Gasteiger partial charge on any atom is 0.251 e. The number of aromatic nitrogens is 3. The lowest BCUT2D eigenvalue weighted by Crippen LogP contribution is -2.28. The zero-order valence-corrected chi connectivity index (χ0v) is 21.2. The third kappa shape index (κ3) is 5.72. The minimum Gasteiger partial charge on any atom is -0.342 e. The molecule has 4 rings (SSSR count). The number of carbonyl (C=O) groups is 1. The first-order chi connectivity index (χ1) is 15.9. The topological polar surface area (TPSA) is 59.8 Å². The zero-order valence-electron chi connectivity index (χ0n) is 18.7. The molecule has 0 bridgehead atoms. The molecule has 0 fully saturated rings. The minimum atomic E-state index is -0.335. The first-order valence-electron chi connectivity index (χ1n) is 10.7. The summed E-state index contributed by atoms with van der Waals surface area (Å²) in [5.74, 6) is 1.31. The maximum absolute atomic E-state index is 12.8. The summed E-state index contributed by atoms with van der Waals surface area (Å²) in [7, 11) is 0. The normalized spacial score (nSPS) is 11.9. The van der Waals surface area contributed by atoms with E-state index >= 15 is 0 Å². The summed E-state index contributed by atoms with van der Waals surface area (Å²) in [4.78, 5) is 12.8. The average molecular weight is 521 g/mol. The number of hydrogen-bond donors (Lipinski definition) is 1. The van der Waals surface area contributed by atoms with Crippen LogP contribution in [0, 0.1) is 13.8 Å². The molecule has 1 unspecified atom stereocenters. The van der Waals surface area contributed by atoms with E-state index < -0.39 is 0 Å². The molecule has 5 nitrogen and oxygen atoms in total. The van der Waals surface area contributed by atoms with Gasteiger partial charge in [0.05, 0.1) is 6.04 Å². The first-order valence-corrected chi connectivity index (χ1v) is 12.5. The van der Waals surface area contributed by atoms with Crippen LogP contribution in [0.2, 0.25) is 0 Å². The molecule has 0 aliphatic carbocycles. The van der Waals surface area contributed by atoms with Crippen molar-refractivity contribution in [1.82, 2.24) is 20.1 Å². The van der Waals surface area contributed by atoms with E-state index in [1.54, 1.807) is 23.9 Å². The van der Waals surface area contributed by atoms with Crippen molar-refractivity contribution >= 4 is 33.6 Å². The minimum absolute atomic E-state index is 0.156. The highest BCUT2D eigenvalue weighted by Gasteiger charge is 2.21. The van der Waals surface area contributed by atoms with Gasteiger partial charge in [0, 0.05) is 21.5 Å². The van der Waals surface area contributed by atoms with Crippen LogP contribution in [0.5, 0.6) is 0 Å². The highest BCUT2D eigenvalue weighted by Crippen LogP contribution is 2.28. The van der Waals surface area contributed by atoms with Crippen molar-refractivity contribution in [3.05, 3.63) is 105 Å². The fourth-order valence-electron chi connectivity index (χ4n) is 3.52. The maximum atomic E-state index is 12.8. The van der Waals surface area contributed by atoms with E-state index in [0.717, 1.165) is 21.1 Å². The quantitative estimate of drug-likeness (QED) is 0.285. The molecule has 1 heterocycles. The predicted molar refractivity (Wildman–Crippen MR) is 137 cm³/mol. The van der Waals surface area contributed by atoms with Crippen molar-refractivity contribution in [2.24, 2.45) is 0 Å². The second-order valence-corrected chi connectivity index (χ2v) is 9.85. The van der Waals surface area contributed by atoms with E-state index in [2.05, 4.69) is 93.8 Å². The Morgan fingerprint density at radius 1 is 1.00 bits per heavy atom. The Morgan fingerprint density at radius 3 is 2.48 bits per heavy atom. The lowest BCUT2D eigenvalue weighted by molar-refractivity contribution is 0.0938. The van der Waals surface area contributed by atoms with E-state index in [0.29, 0.717) is 11.4 Å². The van der Waals surface area contributed by atoms with Gasteiger partial charge in [0.15, 0.2) is 11.0 Å². The van der Waals surface area contributed by atoms with Gasteiger partial charge in [-0.1, -0.05) is 81.3 Å². The summed E-state index contributed by atoms with van der Waals surface area (Å²) in [5, 5.41) is 12.8. The molecule has 0 radical (unpaired) electrons. The number of benzene rings is 3. The van der Waals surface area contributed by atoms with Crippen LogP contribution >= 0.6 is 27.7 Å². The number of carbonyl (C=O) groups excluding carboxylic acids is 1. The predicted octanol–water partition coefficient (Wildman–Crippen LogP) is 6.43. The molecule has 168 valence electrons. The summed E-state index contributed by atoms with van der Waals surface area (Å²) in [6, 6.07) is 23.7. The van der Waals surface area contributed by atoms with Crippen LogP contribution in [0.25, 0.3) is 5.69 Å². The van der Waals surface area contributed by atoms with Crippen molar-refractivity contribution < 1.29 is 4.79 Å².